The van der Waals surface area contributed by atoms with Crippen molar-refractivity contribution in [1.82, 2.24) is 15.6 Å². The number of oxazole rings is 1. The van der Waals surface area contributed by atoms with Crippen molar-refractivity contribution in [2.75, 3.05) is 6.54 Å². The second-order valence-electron chi connectivity index (χ2n) is 5.41. The van der Waals surface area contributed by atoms with Crippen LogP contribution >= 0.6 is 35.3 Å². The molecule has 0 saturated heterocycles. The Morgan fingerprint density at radius 1 is 1.26 bits per heavy atom. The fraction of sp³-hybridized carbons (Fsp3) is 0.222. The van der Waals surface area contributed by atoms with E-state index in [-0.39, 0.29) is 36.1 Å². The van der Waals surface area contributed by atoms with Crippen molar-refractivity contribution < 1.29 is 13.2 Å². The predicted molar refractivity (Wildman–Crippen MR) is 113 cm³/mol. The molecule has 0 fully saturated rings. The van der Waals surface area contributed by atoms with Crippen LogP contribution in [0.3, 0.4) is 0 Å². The van der Waals surface area contributed by atoms with E-state index in [0.29, 0.717) is 24.9 Å². The maximum atomic E-state index is 13.7. The Labute approximate surface area is 176 Å². The first-order valence-electron chi connectivity index (χ1n) is 8.10. The van der Waals surface area contributed by atoms with Crippen molar-refractivity contribution in [3.8, 4) is 10.8 Å². The number of halogens is 3. The Bertz CT molecular complexity index is 883. The molecule has 0 bridgehead atoms. The molecule has 0 radical (unpaired) electrons. The fourth-order valence-corrected chi connectivity index (χ4v) is 2.90. The van der Waals surface area contributed by atoms with Crippen LogP contribution in [-0.2, 0) is 13.1 Å². The Hall–Kier alpha value is -2.01. The number of aromatic nitrogens is 1. The summed E-state index contributed by atoms with van der Waals surface area (Å²) in [6.07, 6.45) is 1.58. The molecule has 2 heterocycles. The van der Waals surface area contributed by atoms with Crippen LogP contribution in [0.15, 0.2) is 51.4 Å². The van der Waals surface area contributed by atoms with E-state index in [1.807, 2.05) is 24.4 Å². The van der Waals surface area contributed by atoms with E-state index in [0.717, 1.165) is 28.8 Å². The molecule has 0 aliphatic carbocycles. The number of benzene rings is 1. The van der Waals surface area contributed by atoms with E-state index < -0.39 is 11.6 Å². The molecule has 0 aliphatic heterocycles. The third-order valence-electron chi connectivity index (χ3n) is 3.48. The van der Waals surface area contributed by atoms with Gasteiger partial charge in [0.15, 0.2) is 5.96 Å². The predicted octanol–water partition coefficient (Wildman–Crippen LogP) is 4.55. The minimum atomic E-state index is -0.488. The number of nitrogens with one attached hydrogen (secondary N) is 2. The molecule has 5 nitrogen and oxygen atoms in total. The van der Waals surface area contributed by atoms with Gasteiger partial charge in [0, 0.05) is 12.1 Å². The number of aliphatic imine (C=N–C) groups is 1. The second-order valence-corrected chi connectivity index (χ2v) is 6.35. The van der Waals surface area contributed by atoms with Crippen LogP contribution in [0.5, 0.6) is 0 Å². The van der Waals surface area contributed by atoms with Gasteiger partial charge in [-0.05, 0) is 36.6 Å². The summed E-state index contributed by atoms with van der Waals surface area (Å²) in [6.45, 7) is 2.98. The lowest BCUT2D eigenvalue weighted by Crippen LogP contribution is -2.36. The Morgan fingerprint density at radius 3 is 2.85 bits per heavy atom. The lowest BCUT2D eigenvalue weighted by Gasteiger charge is -2.10. The topological polar surface area (TPSA) is 62.5 Å². The van der Waals surface area contributed by atoms with Gasteiger partial charge in [-0.15, -0.1) is 35.3 Å². The molecule has 0 saturated carbocycles. The monoisotopic (exact) mass is 504 g/mol. The Balaban J connectivity index is 0.00000261. The number of thiophene rings is 1. The van der Waals surface area contributed by atoms with Gasteiger partial charge in [0.25, 0.3) is 0 Å². The van der Waals surface area contributed by atoms with Crippen molar-refractivity contribution in [1.29, 1.82) is 0 Å². The van der Waals surface area contributed by atoms with E-state index in [1.54, 1.807) is 17.6 Å². The molecule has 27 heavy (non-hydrogen) atoms. The van der Waals surface area contributed by atoms with Crippen LogP contribution in [0.1, 0.15) is 18.2 Å². The molecule has 0 atom stereocenters. The first-order valence-corrected chi connectivity index (χ1v) is 8.98. The molecule has 9 heteroatoms. The number of hydrogen-bond donors (Lipinski definition) is 2. The molecule has 2 N–H and O–H groups in total. The smallest absolute Gasteiger partial charge is 0.236 e. The molecule has 3 aromatic rings. The standard InChI is InChI=1S/C18H18F2N4OS.HI/c1-2-21-18(22-9-12-8-13(19)5-6-15(12)20)23-10-14-11-25-17(24-14)16-4-3-7-26-16;/h3-8,11H,2,9-10H2,1H3,(H2,21,22,23);1H. The molecule has 1 aromatic carbocycles. The van der Waals surface area contributed by atoms with Crippen LogP contribution in [-0.4, -0.2) is 17.5 Å². The normalized spacial score (nSPS) is 11.1. The van der Waals surface area contributed by atoms with Crippen molar-refractivity contribution in [3.05, 3.63) is 64.9 Å². The highest BCUT2D eigenvalue weighted by atomic mass is 127. The fourth-order valence-electron chi connectivity index (χ4n) is 2.25. The van der Waals surface area contributed by atoms with E-state index in [2.05, 4.69) is 20.6 Å². The number of nitrogens with zero attached hydrogens (tertiary/aromatic N) is 2. The van der Waals surface area contributed by atoms with Crippen molar-refractivity contribution in [2.45, 2.75) is 20.0 Å². The maximum Gasteiger partial charge on any atom is 0.236 e. The SMILES string of the molecule is CCNC(=NCc1cc(F)ccc1F)NCc1coc(-c2cccs2)n1.I. The summed E-state index contributed by atoms with van der Waals surface area (Å²) in [5.41, 5.74) is 0.916. The second kappa shape index (κ2) is 10.4. The molecule has 0 unspecified atom stereocenters. The van der Waals surface area contributed by atoms with E-state index in [4.69, 9.17) is 4.42 Å². The largest absolute Gasteiger partial charge is 0.443 e. The maximum absolute atomic E-state index is 13.7. The molecule has 3 rings (SSSR count). The van der Waals surface area contributed by atoms with Crippen LogP contribution in [0.4, 0.5) is 8.78 Å². The summed E-state index contributed by atoms with van der Waals surface area (Å²) < 4.78 is 32.4. The van der Waals surface area contributed by atoms with E-state index >= 15 is 0 Å². The summed E-state index contributed by atoms with van der Waals surface area (Å²) in [5, 5.41) is 8.12. The summed E-state index contributed by atoms with van der Waals surface area (Å²) in [5.74, 6) is 0.0822. The number of guanidine groups is 1. The zero-order valence-corrected chi connectivity index (χ0v) is 17.7. The van der Waals surface area contributed by atoms with Gasteiger partial charge in [-0.3, -0.25) is 0 Å². The number of hydrogen-bond acceptors (Lipinski definition) is 4. The van der Waals surface area contributed by atoms with Gasteiger partial charge in [-0.25, -0.2) is 18.8 Å². The summed E-state index contributed by atoms with van der Waals surface area (Å²) in [4.78, 5) is 9.66. The van der Waals surface area contributed by atoms with E-state index in [1.165, 1.54) is 0 Å². The highest BCUT2D eigenvalue weighted by Crippen LogP contribution is 2.23. The van der Waals surface area contributed by atoms with Crippen molar-refractivity contribution in [2.24, 2.45) is 4.99 Å². The summed E-state index contributed by atoms with van der Waals surface area (Å²) in [6, 6.07) is 7.20. The van der Waals surface area contributed by atoms with Crippen LogP contribution in [0.2, 0.25) is 0 Å². The molecule has 0 aliphatic rings. The lowest BCUT2D eigenvalue weighted by molar-refractivity contribution is 0.573. The highest BCUT2D eigenvalue weighted by molar-refractivity contribution is 14.0. The van der Waals surface area contributed by atoms with Crippen LogP contribution in [0, 0.1) is 11.6 Å². The first kappa shape index (κ1) is 21.3. The molecule has 0 amide bonds. The highest BCUT2D eigenvalue weighted by Gasteiger charge is 2.08. The third kappa shape index (κ3) is 5.99. The zero-order valence-electron chi connectivity index (χ0n) is 14.5. The Morgan fingerprint density at radius 2 is 2.11 bits per heavy atom. The van der Waals surface area contributed by atoms with Gasteiger partial charge in [0.2, 0.25) is 5.89 Å². The van der Waals surface area contributed by atoms with Gasteiger partial charge < -0.3 is 15.1 Å². The zero-order chi connectivity index (χ0) is 18.4. The minimum Gasteiger partial charge on any atom is -0.443 e. The average molecular weight is 504 g/mol. The van der Waals surface area contributed by atoms with Crippen molar-refractivity contribution in [3.63, 3.8) is 0 Å². The van der Waals surface area contributed by atoms with Crippen molar-refractivity contribution >= 4 is 41.3 Å². The van der Waals surface area contributed by atoms with Gasteiger partial charge in [0.05, 0.1) is 23.7 Å². The molecule has 0 spiro atoms. The van der Waals surface area contributed by atoms with Gasteiger partial charge >= 0.3 is 0 Å². The molecule has 2 aromatic heterocycles. The third-order valence-corrected chi connectivity index (χ3v) is 4.34. The van der Waals surface area contributed by atoms with Gasteiger partial charge in [-0.1, -0.05) is 6.07 Å². The molecular formula is C18H19F2IN4OS. The molecular weight excluding hydrogens is 485 g/mol. The minimum absolute atomic E-state index is 0. The Kier molecular flexibility index (Phi) is 8.17. The van der Waals surface area contributed by atoms with E-state index in [9.17, 15) is 8.78 Å². The summed E-state index contributed by atoms with van der Waals surface area (Å²) in [7, 11) is 0. The number of rotatable bonds is 6. The van der Waals surface area contributed by atoms with Gasteiger partial charge in [0.1, 0.15) is 17.9 Å². The van der Waals surface area contributed by atoms with Crippen LogP contribution in [0.25, 0.3) is 10.8 Å². The quantitative estimate of drug-likeness (QED) is 0.294. The first-order chi connectivity index (χ1) is 12.7. The lowest BCUT2D eigenvalue weighted by atomic mass is 10.2. The average Bonchev–Trinajstić information content (AvgIpc) is 3.31. The van der Waals surface area contributed by atoms with Crippen LogP contribution < -0.4 is 10.6 Å². The molecule has 144 valence electrons. The van der Waals surface area contributed by atoms with Gasteiger partial charge in [-0.2, -0.15) is 0 Å². The summed E-state index contributed by atoms with van der Waals surface area (Å²) >= 11 is 1.55.